The van der Waals surface area contributed by atoms with E-state index in [9.17, 15) is 9.59 Å². The van der Waals surface area contributed by atoms with Gasteiger partial charge < -0.3 is 5.32 Å². The molecule has 0 aliphatic carbocycles. The molecule has 0 saturated carbocycles. The monoisotopic (exact) mass is 275 g/mol. The van der Waals surface area contributed by atoms with Crippen molar-refractivity contribution >= 4 is 5.91 Å². The van der Waals surface area contributed by atoms with Crippen molar-refractivity contribution in [2.24, 2.45) is 0 Å². The van der Waals surface area contributed by atoms with Crippen LogP contribution >= 0.6 is 0 Å². The Morgan fingerprint density at radius 1 is 1.45 bits per heavy atom. The van der Waals surface area contributed by atoms with Crippen molar-refractivity contribution in [3.63, 3.8) is 0 Å². The third-order valence-corrected chi connectivity index (χ3v) is 2.84. The average molecular weight is 275 g/mol. The number of rotatable bonds is 6. The normalized spacial score (nSPS) is 10.4. The maximum atomic E-state index is 11.7. The van der Waals surface area contributed by atoms with Crippen LogP contribution in [-0.4, -0.2) is 31.8 Å². The van der Waals surface area contributed by atoms with Crippen LogP contribution in [0.2, 0.25) is 0 Å². The summed E-state index contributed by atoms with van der Waals surface area (Å²) in [6, 6.07) is 3.28. The molecular formula is C13H17N5O2. The highest BCUT2D eigenvalue weighted by molar-refractivity contribution is 5.75. The highest BCUT2D eigenvalue weighted by atomic mass is 16.2. The molecule has 0 spiro atoms. The Morgan fingerprint density at radius 2 is 2.30 bits per heavy atom. The molecule has 0 saturated heterocycles. The van der Waals surface area contributed by atoms with E-state index in [0.717, 1.165) is 12.1 Å². The predicted octanol–water partition coefficient (Wildman–Crippen LogP) is -0.181. The number of carbonyl (C=O) groups is 1. The summed E-state index contributed by atoms with van der Waals surface area (Å²) in [4.78, 5) is 27.5. The molecular weight excluding hydrogens is 258 g/mol. The Bertz CT molecular complexity index is 618. The molecule has 0 aliphatic heterocycles. The number of aryl methyl sites for hydroxylation is 1. The molecule has 7 nitrogen and oxygen atoms in total. The zero-order valence-electron chi connectivity index (χ0n) is 11.3. The van der Waals surface area contributed by atoms with Gasteiger partial charge in [-0.25, -0.2) is 4.98 Å². The summed E-state index contributed by atoms with van der Waals surface area (Å²) in [6.45, 7) is 2.91. The molecule has 0 atom stereocenters. The minimum atomic E-state index is -0.139. The van der Waals surface area contributed by atoms with E-state index in [4.69, 9.17) is 0 Å². The standard InChI is InChI=1S/C13H17N5O2/c1-2-11-8-13(20)17(10-15-11)7-5-14-12(19)9-18-6-3-4-16-18/h3-4,6,8,10H,2,5,7,9H2,1H3,(H,14,19). The van der Waals surface area contributed by atoms with Gasteiger partial charge in [-0.1, -0.05) is 6.92 Å². The first kappa shape index (κ1) is 14.0. The van der Waals surface area contributed by atoms with E-state index < -0.39 is 0 Å². The van der Waals surface area contributed by atoms with Crippen molar-refractivity contribution in [2.75, 3.05) is 6.54 Å². The summed E-state index contributed by atoms with van der Waals surface area (Å²) in [7, 11) is 0. The molecule has 1 amide bonds. The van der Waals surface area contributed by atoms with Crippen molar-refractivity contribution in [2.45, 2.75) is 26.4 Å². The Kier molecular flexibility index (Phi) is 4.65. The Hall–Kier alpha value is -2.44. The first-order chi connectivity index (χ1) is 9.69. The molecule has 20 heavy (non-hydrogen) atoms. The van der Waals surface area contributed by atoms with E-state index in [-0.39, 0.29) is 18.0 Å². The van der Waals surface area contributed by atoms with Gasteiger partial charge in [-0.2, -0.15) is 5.10 Å². The average Bonchev–Trinajstić information content (AvgIpc) is 2.93. The van der Waals surface area contributed by atoms with Crippen LogP contribution in [-0.2, 0) is 24.3 Å². The Morgan fingerprint density at radius 3 is 2.95 bits per heavy atom. The molecule has 0 unspecified atom stereocenters. The SMILES string of the molecule is CCc1cc(=O)n(CCNC(=O)Cn2cccn2)cn1. The smallest absolute Gasteiger partial charge is 0.253 e. The van der Waals surface area contributed by atoms with E-state index in [1.807, 2.05) is 6.92 Å². The quantitative estimate of drug-likeness (QED) is 0.793. The number of hydrogen-bond donors (Lipinski definition) is 1. The van der Waals surface area contributed by atoms with Crippen LogP contribution in [0, 0.1) is 0 Å². The van der Waals surface area contributed by atoms with E-state index in [1.165, 1.54) is 17.0 Å². The van der Waals surface area contributed by atoms with Gasteiger partial charge in [-0.3, -0.25) is 18.8 Å². The molecule has 0 fully saturated rings. The molecule has 0 aliphatic rings. The predicted molar refractivity (Wildman–Crippen MR) is 73.1 cm³/mol. The number of nitrogens with zero attached hydrogens (tertiary/aromatic N) is 4. The lowest BCUT2D eigenvalue weighted by Crippen LogP contribution is -2.33. The van der Waals surface area contributed by atoms with Gasteiger partial charge in [0.25, 0.3) is 5.56 Å². The zero-order valence-corrected chi connectivity index (χ0v) is 11.3. The van der Waals surface area contributed by atoms with Crippen molar-refractivity contribution in [3.05, 3.63) is 46.9 Å². The van der Waals surface area contributed by atoms with E-state index in [0.29, 0.717) is 13.1 Å². The Labute approximate surface area is 116 Å². The summed E-state index contributed by atoms with van der Waals surface area (Å²) in [5.41, 5.74) is 0.673. The van der Waals surface area contributed by atoms with Crippen LogP contribution < -0.4 is 10.9 Å². The van der Waals surface area contributed by atoms with Crippen molar-refractivity contribution < 1.29 is 4.79 Å². The Balaban J connectivity index is 1.81. The van der Waals surface area contributed by atoms with Gasteiger partial charge in [0.15, 0.2) is 0 Å². The molecule has 7 heteroatoms. The lowest BCUT2D eigenvalue weighted by atomic mass is 10.3. The van der Waals surface area contributed by atoms with Gasteiger partial charge in [0.05, 0.1) is 6.33 Å². The summed E-state index contributed by atoms with van der Waals surface area (Å²) >= 11 is 0. The number of hydrogen-bond acceptors (Lipinski definition) is 4. The fourth-order valence-corrected chi connectivity index (χ4v) is 1.74. The molecule has 0 radical (unpaired) electrons. The third kappa shape index (κ3) is 3.78. The van der Waals surface area contributed by atoms with Crippen molar-refractivity contribution in [1.82, 2.24) is 24.6 Å². The minimum absolute atomic E-state index is 0.0989. The fourth-order valence-electron chi connectivity index (χ4n) is 1.74. The molecule has 0 aromatic carbocycles. The highest BCUT2D eigenvalue weighted by Crippen LogP contribution is 1.89. The maximum Gasteiger partial charge on any atom is 0.253 e. The second kappa shape index (κ2) is 6.65. The number of aromatic nitrogens is 4. The van der Waals surface area contributed by atoms with Crippen LogP contribution in [0.25, 0.3) is 0 Å². The van der Waals surface area contributed by atoms with E-state index in [1.54, 1.807) is 23.1 Å². The lowest BCUT2D eigenvalue weighted by Gasteiger charge is -2.07. The van der Waals surface area contributed by atoms with Gasteiger partial charge >= 0.3 is 0 Å². The molecule has 2 aromatic heterocycles. The van der Waals surface area contributed by atoms with Crippen LogP contribution in [0.5, 0.6) is 0 Å². The molecule has 2 heterocycles. The summed E-state index contributed by atoms with van der Waals surface area (Å²) in [6.07, 6.45) is 5.59. The second-order valence-electron chi connectivity index (χ2n) is 4.32. The fraction of sp³-hybridized carbons (Fsp3) is 0.385. The van der Waals surface area contributed by atoms with Crippen LogP contribution in [0.15, 0.2) is 35.6 Å². The molecule has 106 valence electrons. The van der Waals surface area contributed by atoms with Gasteiger partial charge in [0, 0.05) is 37.2 Å². The van der Waals surface area contributed by atoms with Crippen LogP contribution in [0.3, 0.4) is 0 Å². The number of nitrogens with one attached hydrogen (secondary N) is 1. The number of amides is 1. The van der Waals surface area contributed by atoms with E-state index in [2.05, 4.69) is 15.4 Å². The van der Waals surface area contributed by atoms with Crippen LogP contribution in [0.1, 0.15) is 12.6 Å². The maximum absolute atomic E-state index is 11.7. The van der Waals surface area contributed by atoms with Gasteiger partial charge in [-0.15, -0.1) is 0 Å². The van der Waals surface area contributed by atoms with Gasteiger partial charge in [-0.05, 0) is 12.5 Å². The summed E-state index contributed by atoms with van der Waals surface area (Å²) in [5.74, 6) is -0.139. The van der Waals surface area contributed by atoms with Crippen molar-refractivity contribution in [1.29, 1.82) is 0 Å². The highest BCUT2D eigenvalue weighted by Gasteiger charge is 2.03. The van der Waals surface area contributed by atoms with E-state index >= 15 is 0 Å². The second-order valence-corrected chi connectivity index (χ2v) is 4.32. The van der Waals surface area contributed by atoms with Gasteiger partial charge in [0.1, 0.15) is 6.54 Å². The van der Waals surface area contributed by atoms with Crippen molar-refractivity contribution in [3.8, 4) is 0 Å². The largest absolute Gasteiger partial charge is 0.353 e. The first-order valence-electron chi connectivity index (χ1n) is 6.48. The summed E-state index contributed by atoms with van der Waals surface area (Å²) < 4.78 is 3.02. The molecule has 0 bridgehead atoms. The topological polar surface area (TPSA) is 81.8 Å². The van der Waals surface area contributed by atoms with Gasteiger partial charge in [0.2, 0.25) is 5.91 Å². The minimum Gasteiger partial charge on any atom is -0.353 e. The molecule has 2 rings (SSSR count). The first-order valence-corrected chi connectivity index (χ1v) is 6.48. The zero-order chi connectivity index (χ0) is 14.4. The third-order valence-electron chi connectivity index (χ3n) is 2.84. The number of carbonyl (C=O) groups excluding carboxylic acids is 1. The lowest BCUT2D eigenvalue weighted by molar-refractivity contribution is -0.121. The molecule has 1 N–H and O–H groups in total. The summed E-state index contributed by atoms with van der Waals surface area (Å²) in [5, 5.41) is 6.68. The molecule has 2 aromatic rings. The van der Waals surface area contributed by atoms with Crippen LogP contribution in [0.4, 0.5) is 0 Å².